The van der Waals surface area contributed by atoms with E-state index in [0.717, 1.165) is 12.1 Å². The van der Waals surface area contributed by atoms with Gasteiger partial charge in [0.2, 0.25) is 11.7 Å². The van der Waals surface area contributed by atoms with Crippen LogP contribution in [0.1, 0.15) is 26.7 Å². The highest BCUT2D eigenvalue weighted by molar-refractivity contribution is 5.82. The third-order valence-electron chi connectivity index (χ3n) is 4.18. The number of esters is 1. The van der Waals surface area contributed by atoms with Gasteiger partial charge in [0.25, 0.3) is 0 Å². The fraction of sp³-hybridized carbons (Fsp3) is 0.500. The largest absolute Gasteiger partial charge is 0.573 e. The van der Waals surface area contributed by atoms with Crippen LogP contribution in [0.5, 0.6) is 5.75 Å². The Morgan fingerprint density at radius 2 is 1.79 bits per heavy atom. The molecule has 1 fully saturated rings. The Hall–Kier alpha value is -2.66. The highest BCUT2D eigenvalue weighted by atomic mass is 19.4. The van der Waals surface area contributed by atoms with Crippen molar-refractivity contribution >= 4 is 5.97 Å². The summed E-state index contributed by atoms with van der Waals surface area (Å²) in [6, 6.07) is 4.91. The number of hydrogen-bond donors (Lipinski definition) is 0. The minimum absolute atomic E-state index is 0.0722. The van der Waals surface area contributed by atoms with Crippen molar-refractivity contribution in [3.8, 4) is 17.1 Å². The summed E-state index contributed by atoms with van der Waals surface area (Å²) < 4.78 is 62.3. The van der Waals surface area contributed by atoms with Gasteiger partial charge in [-0.2, -0.15) is 4.98 Å². The Morgan fingerprint density at radius 3 is 2.34 bits per heavy atom. The summed E-state index contributed by atoms with van der Waals surface area (Å²) in [5.74, 6) is -1.92. The zero-order valence-electron chi connectivity index (χ0n) is 15.9. The van der Waals surface area contributed by atoms with E-state index in [0.29, 0.717) is 5.56 Å². The van der Waals surface area contributed by atoms with Crippen LogP contribution in [-0.2, 0) is 24.4 Å². The van der Waals surface area contributed by atoms with Crippen molar-refractivity contribution in [1.29, 1.82) is 0 Å². The third-order valence-corrected chi connectivity index (χ3v) is 4.18. The summed E-state index contributed by atoms with van der Waals surface area (Å²) in [4.78, 5) is 16.9. The number of aromatic nitrogens is 2. The molecule has 11 heteroatoms. The SMILES string of the molecule is CCOC(=O)C1(c2nc(-c3ccc(OC(F)(F)F)cc3)no2)COC(C)(C)OC1. The highest BCUT2D eigenvalue weighted by Gasteiger charge is 2.53. The molecule has 0 radical (unpaired) electrons. The van der Waals surface area contributed by atoms with Gasteiger partial charge in [0.05, 0.1) is 19.8 Å². The molecule has 0 spiro atoms. The molecular weight excluding hydrogens is 397 g/mol. The van der Waals surface area contributed by atoms with E-state index in [9.17, 15) is 18.0 Å². The number of carbonyl (C=O) groups excluding carboxylic acids is 1. The molecule has 0 bridgehead atoms. The summed E-state index contributed by atoms with van der Waals surface area (Å²) in [6.07, 6.45) is -4.79. The van der Waals surface area contributed by atoms with E-state index in [1.807, 2.05) is 0 Å². The van der Waals surface area contributed by atoms with Gasteiger partial charge in [0.15, 0.2) is 11.2 Å². The Labute approximate surface area is 163 Å². The molecule has 1 aromatic heterocycles. The van der Waals surface area contributed by atoms with E-state index in [2.05, 4.69) is 14.9 Å². The predicted molar refractivity (Wildman–Crippen MR) is 90.7 cm³/mol. The van der Waals surface area contributed by atoms with Gasteiger partial charge in [-0.3, -0.25) is 4.79 Å². The van der Waals surface area contributed by atoms with Crippen LogP contribution in [0.15, 0.2) is 28.8 Å². The molecule has 1 aliphatic rings. The lowest BCUT2D eigenvalue weighted by molar-refractivity contribution is -0.274. The Bertz CT molecular complexity index is 853. The van der Waals surface area contributed by atoms with Crippen molar-refractivity contribution in [2.45, 2.75) is 38.3 Å². The Kier molecular flexibility index (Phi) is 5.54. The van der Waals surface area contributed by atoms with Crippen molar-refractivity contribution in [2.75, 3.05) is 19.8 Å². The van der Waals surface area contributed by atoms with Gasteiger partial charge in [-0.1, -0.05) is 5.16 Å². The second-order valence-electron chi connectivity index (χ2n) is 6.78. The second-order valence-corrected chi connectivity index (χ2v) is 6.78. The molecule has 0 N–H and O–H groups in total. The molecule has 0 saturated carbocycles. The lowest BCUT2D eigenvalue weighted by atomic mass is 9.88. The van der Waals surface area contributed by atoms with E-state index in [-0.39, 0.29) is 37.3 Å². The smallest absolute Gasteiger partial charge is 0.465 e. The number of hydrogen-bond acceptors (Lipinski definition) is 8. The van der Waals surface area contributed by atoms with Gasteiger partial charge in [-0.05, 0) is 45.0 Å². The van der Waals surface area contributed by atoms with Gasteiger partial charge < -0.3 is 23.5 Å². The molecule has 2 aromatic rings. The Balaban J connectivity index is 1.87. The maximum absolute atomic E-state index is 12.6. The standard InChI is InChI=1S/C18H19F3N2O6/c1-4-25-15(24)17(9-26-16(2,3)27-10-17)14-22-13(23-29-14)11-5-7-12(8-6-11)28-18(19,20)21/h5-8H,4,9-10H2,1-3H3. The summed E-state index contributed by atoms with van der Waals surface area (Å²) in [5, 5.41) is 3.82. The van der Waals surface area contributed by atoms with Crippen LogP contribution in [0.25, 0.3) is 11.4 Å². The summed E-state index contributed by atoms with van der Waals surface area (Å²) >= 11 is 0. The maximum atomic E-state index is 12.6. The molecule has 2 heterocycles. The molecule has 158 valence electrons. The van der Waals surface area contributed by atoms with Gasteiger partial charge in [0, 0.05) is 5.56 Å². The molecule has 0 unspecified atom stereocenters. The normalized spacial score (nSPS) is 18.3. The number of halogens is 3. The minimum Gasteiger partial charge on any atom is -0.465 e. The molecular formula is C18H19F3N2O6. The van der Waals surface area contributed by atoms with Crippen LogP contribution in [0.4, 0.5) is 13.2 Å². The van der Waals surface area contributed by atoms with Crippen molar-refractivity contribution in [1.82, 2.24) is 10.1 Å². The lowest BCUT2D eigenvalue weighted by Crippen LogP contribution is -2.54. The molecule has 0 atom stereocenters. The number of carbonyl (C=O) groups is 1. The fourth-order valence-corrected chi connectivity index (χ4v) is 2.62. The number of rotatable bonds is 5. The van der Waals surface area contributed by atoms with Gasteiger partial charge in [-0.25, -0.2) is 0 Å². The van der Waals surface area contributed by atoms with Crippen molar-refractivity contribution in [3.05, 3.63) is 30.2 Å². The van der Waals surface area contributed by atoms with Crippen LogP contribution in [0.2, 0.25) is 0 Å². The second kappa shape index (κ2) is 7.64. The number of benzene rings is 1. The van der Waals surface area contributed by atoms with Crippen molar-refractivity contribution in [2.24, 2.45) is 0 Å². The lowest BCUT2D eigenvalue weighted by Gasteiger charge is -2.39. The molecule has 1 aromatic carbocycles. The summed E-state index contributed by atoms with van der Waals surface area (Å²) in [6.45, 7) is 4.99. The average Bonchev–Trinajstić information content (AvgIpc) is 3.12. The Morgan fingerprint density at radius 1 is 1.17 bits per heavy atom. The third kappa shape index (κ3) is 4.67. The van der Waals surface area contributed by atoms with Crippen LogP contribution in [0.3, 0.4) is 0 Å². The first-order valence-corrected chi connectivity index (χ1v) is 8.70. The van der Waals surface area contributed by atoms with Crippen LogP contribution < -0.4 is 4.74 Å². The monoisotopic (exact) mass is 416 g/mol. The van der Waals surface area contributed by atoms with Gasteiger partial charge in [-0.15, -0.1) is 13.2 Å². The maximum Gasteiger partial charge on any atom is 0.573 e. The van der Waals surface area contributed by atoms with E-state index < -0.39 is 23.5 Å². The van der Waals surface area contributed by atoms with E-state index in [4.69, 9.17) is 18.7 Å². The predicted octanol–water partition coefficient (Wildman–Crippen LogP) is 3.22. The van der Waals surface area contributed by atoms with Crippen molar-refractivity contribution < 1.29 is 41.4 Å². The minimum atomic E-state index is -4.79. The first-order valence-electron chi connectivity index (χ1n) is 8.70. The van der Waals surface area contributed by atoms with E-state index >= 15 is 0 Å². The zero-order chi connectivity index (χ0) is 21.3. The molecule has 8 nitrogen and oxygen atoms in total. The number of alkyl halides is 3. The van der Waals surface area contributed by atoms with Gasteiger partial charge in [0.1, 0.15) is 5.75 Å². The van der Waals surface area contributed by atoms with E-state index in [1.165, 1.54) is 12.1 Å². The topological polar surface area (TPSA) is 92.9 Å². The first kappa shape index (κ1) is 21.1. The highest BCUT2D eigenvalue weighted by Crippen LogP contribution is 2.35. The quantitative estimate of drug-likeness (QED) is 0.686. The fourth-order valence-electron chi connectivity index (χ4n) is 2.62. The average molecular weight is 416 g/mol. The summed E-state index contributed by atoms with van der Waals surface area (Å²) in [7, 11) is 0. The van der Waals surface area contributed by atoms with Crippen LogP contribution in [0, 0.1) is 0 Å². The molecule has 1 saturated heterocycles. The first-order chi connectivity index (χ1) is 13.5. The zero-order valence-corrected chi connectivity index (χ0v) is 15.9. The number of nitrogens with zero attached hydrogens (tertiary/aromatic N) is 2. The number of ether oxygens (including phenoxy) is 4. The van der Waals surface area contributed by atoms with Crippen molar-refractivity contribution in [3.63, 3.8) is 0 Å². The molecule has 0 amide bonds. The molecule has 3 rings (SSSR count). The van der Waals surface area contributed by atoms with E-state index in [1.54, 1.807) is 20.8 Å². The van der Waals surface area contributed by atoms with Gasteiger partial charge >= 0.3 is 12.3 Å². The van der Waals surface area contributed by atoms with Crippen LogP contribution >= 0.6 is 0 Å². The molecule has 1 aliphatic heterocycles. The molecule has 29 heavy (non-hydrogen) atoms. The summed E-state index contributed by atoms with van der Waals surface area (Å²) in [5.41, 5.74) is -1.08. The van der Waals surface area contributed by atoms with Crippen LogP contribution in [-0.4, -0.2) is 48.1 Å². The molecule has 0 aliphatic carbocycles.